The van der Waals surface area contributed by atoms with Crippen molar-refractivity contribution in [3.05, 3.63) is 51.7 Å². The van der Waals surface area contributed by atoms with E-state index in [0.29, 0.717) is 23.8 Å². The maximum absolute atomic E-state index is 12.9. The van der Waals surface area contributed by atoms with Gasteiger partial charge in [-0.1, -0.05) is 17.8 Å². The molecule has 144 valence electrons. The smallest absolute Gasteiger partial charge is 0.223 e. The summed E-state index contributed by atoms with van der Waals surface area (Å²) in [6, 6.07) is 9.60. The van der Waals surface area contributed by atoms with E-state index >= 15 is 0 Å². The van der Waals surface area contributed by atoms with Crippen LogP contribution in [-0.4, -0.2) is 43.7 Å². The summed E-state index contributed by atoms with van der Waals surface area (Å²) in [5, 5.41) is 14.2. The molecule has 1 atom stereocenters. The molecule has 0 saturated heterocycles. The molecule has 0 aliphatic carbocycles. The first-order chi connectivity index (χ1) is 13.5. The molecule has 3 aromatic rings. The minimum Gasteiger partial charge on any atom is -0.312 e. The number of carbonyl (C=O) groups is 2. The lowest BCUT2D eigenvalue weighted by Gasteiger charge is -2.15. The molecule has 0 saturated carbocycles. The topological polar surface area (TPSA) is 81.0 Å². The number of Topliss-reactive ketones (excluding diaryl/α,β-unsaturated/α-hetero) is 1. The second-order valence-corrected chi connectivity index (χ2v) is 8.93. The zero-order valence-electron chi connectivity index (χ0n) is 15.5. The minimum atomic E-state index is -0.323. The van der Waals surface area contributed by atoms with Gasteiger partial charge in [-0.05, 0) is 59.0 Å². The van der Waals surface area contributed by atoms with Gasteiger partial charge in [0.15, 0.2) is 5.78 Å². The Morgan fingerprint density at radius 3 is 2.93 bits per heavy atom. The number of amides is 1. The van der Waals surface area contributed by atoms with Crippen molar-refractivity contribution in [2.45, 2.75) is 37.2 Å². The second-order valence-electron chi connectivity index (χ2n) is 6.59. The average Bonchev–Trinajstić information content (AvgIpc) is 3.42. The highest BCUT2D eigenvalue weighted by atomic mass is 32.2. The van der Waals surface area contributed by atoms with E-state index in [4.69, 9.17) is 0 Å². The van der Waals surface area contributed by atoms with Crippen LogP contribution in [0.4, 0.5) is 5.69 Å². The number of fused-ring (bicyclic) bond motifs is 1. The summed E-state index contributed by atoms with van der Waals surface area (Å²) >= 11 is 3.00. The molecule has 3 heterocycles. The van der Waals surface area contributed by atoms with Crippen molar-refractivity contribution in [2.24, 2.45) is 0 Å². The highest BCUT2D eigenvalue weighted by Gasteiger charge is 2.25. The first kappa shape index (κ1) is 18.8. The Kier molecular flexibility index (Phi) is 5.27. The monoisotopic (exact) mass is 413 g/mol. The van der Waals surface area contributed by atoms with Gasteiger partial charge in [0, 0.05) is 29.6 Å². The van der Waals surface area contributed by atoms with Gasteiger partial charge in [-0.15, -0.1) is 16.4 Å². The van der Waals surface area contributed by atoms with Crippen molar-refractivity contribution in [1.29, 1.82) is 0 Å². The van der Waals surface area contributed by atoms with E-state index in [1.807, 2.05) is 36.6 Å². The minimum absolute atomic E-state index is 0.0272. The molecule has 0 spiro atoms. The van der Waals surface area contributed by atoms with Crippen LogP contribution in [0.15, 0.2) is 40.9 Å². The van der Waals surface area contributed by atoms with Crippen LogP contribution >= 0.6 is 23.1 Å². The number of thiophene rings is 1. The van der Waals surface area contributed by atoms with E-state index in [0.717, 1.165) is 22.5 Å². The van der Waals surface area contributed by atoms with Crippen LogP contribution in [-0.2, 0) is 17.8 Å². The number of rotatable bonds is 6. The summed E-state index contributed by atoms with van der Waals surface area (Å²) in [5.74, 6) is 0.0547. The third-order valence-corrected chi connectivity index (χ3v) is 6.61. The molecule has 9 heteroatoms. The third kappa shape index (κ3) is 3.72. The van der Waals surface area contributed by atoms with E-state index < -0.39 is 0 Å². The summed E-state index contributed by atoms with van der Waals surface area (Å²) in [4.78, 5) is 27.5. The van der Waals surface area contributed by atoms with Gasteiger partial charge in [-0.25, -0.2) is 4.68 Å². The Morgan fingerprint density at radius 2 is 2.18 bits per heavy atom. The molecule has 7 nitrogen and oxygen atoms in total. The van der Waals surface area contributed by atoms with Crippen molar-refractivity contribution < 1.29 is 9.59 Å². The lowest BCUT2D eigenvalue weighted by molar-refractivity contribution is -0.116. The molecule has 2 aromatic heterocycles. The third-order valence-electron chi connectivity index (χ3n) is 4.68. The summed E-state index contributed by atoms with van der Waals surface area (Å²) in [7, 11) is 0. The summed E-state index contributed by atoms with van der Waals surface area (Å²) in [6.45, 7) is 4.69. The molecule has 1 unspecified atom stereocenters. The van der Waals surface area contributed by atoms with Crippen LogP contribution in [0.1, 0.15) is 34.6 Å². The number of carbonyl (C=O) groups excluding carboxylic acids is 2. The van der Waals surface area contributed by atoms with Crippen LogP contribution in [0.5, 0.6) is 0 Å². The van der Waals surface area contributed by atoms with Gasteiger partial charge >= 0.3 is 0 Å². The van der Waals surface area contributed by atoms with Gasteiger partial charge in [0.25, 0.3) is 0 Å². The molecule has 0 fully saturated rings. The van der Waals surface area contributed by atoms with E-state index in [1.54, 1.807) is 33.9 Å². The number of ketones is 1. The highest BCUT2D eigenvalue weighted by Crippen LogP contribution is 2.31. The first-order valence-corrected chi connectivity index (χ1v) is 10.7. The Balaban J connectivity index is 1.48. The molecular formula is C19H19N5O2S2. The molecular weight excluding hydrogens is 394 g/mol. The lowest BCUT2D eigenvalue weighted by atomic mass is 10.0. The number of benzene rings is 1. The quantitative estimate of drug-likeness (QED) is 0.456. The molecule has 1 aromatic carbocycles. The second kappa shape index (κ2) is 7.84. The number of nitrogens with zero attached hydrogens (tertiary/aromatic N) is 5. The summed E-state index contributed by atoms with van der Waals surface area (Å²) in [6.07, 6.45) is 0.774. The van der Waals surface area contributed by atoms with Crippen molar-refractivity contribution in [1.82, 2.24) is 20.2 Å². The normalized spacial score (nSPS) is 14.1. The van der Waals surface area contributed by atoms with Gasteiger partial charge in [0.1, 0.15) is 0 Å². The molecule has 1 amide bonds. The molecule has 1 aliphatic rings. The molecule has 0 bridgehead atoms. The highest BCUT2D eigenvalue weighted by molar-refractivity contribution is 8.00. The van der Waals surface area contributed by atoms with Crippen LogP contribution in [0.3, 0.4) is 0 Å². The number of hydrogen-bond donors (Lipinski definition) is 0. The van der Waals surface area contributed by atoms with Crippen molar-refractivity contribution >= 4 is 40.5 Å². The molecule has 4 rings (SSSR count). The van der Waals surface area contributed by atoms with Gasteiger partial charge in [-0.2, -0.15) is 0 Å². The van der Waals surface area contributed by atoms with Gasteiger partial charge in [0.2, 0.25) is 11.1 Å². The zero-order chi connectivity index (χ0) is 19.7. The van der Waals surface area contributed by atoms with E-state index in [9.17, 15) is 9.59 Å². The standard InChI is InChI=1S/C19H19N5O2S2/c1-12(28-19-20-21-22-24(19)11-16-4-3-9-27-16)18(26)15-5-6-17-14(10-15)7-8-23(17)13(2)25/h3-6,9-10,12H,7-8,11H2,1-2H3. The first-order valence-electron chi connectivity index (χ1n) is 8.93. The Hall–Kier alpha value is -2.52. The van der Waals surface area contributed by atoms with E-state index in [2.05, 4.69) is 15.5 Å². The van der Waals surface area contributed by atoms with E-state index in [-0.39, 0.29) is 16.9 Å². The number of aromatic nitrogens is 4. The predicted molar refractivity (Wildman–Crippen MR) is 109 cm³/mol. The van der Waals surface area contributed by atoms with Crippen LogP contribution < -0.4 is 4.90 Å². The number of hydrogen-bond acceptors (Lipinski definition) is 7. The Bertz CT molecular complexity index is 1020. The average molecular weight is 414 g/mol. The molecule has 28 heavy (non-hydrogen) atoms. The van der Waals surface area contributed by atoms with Crippen molar-refractivity contribution in [3.8, 4) is 0 Å². The van der Waals surface area contributed by atoms with Gasteiger partial charge in [0.05, 0.1) is 11.8 Å². The predicted octanol–water partition coefficient (Wildman–Crippen LogP) is 3.06. The lowest BCUT2D eigenvalue weighted by Crippen LogP contribution is -2.25. The van der Waals surface area contributed by atoms with Gasteiger partial charge in [-0.3, -0.25) is 9.59 Å². The van der Waals surface area contributed by atoms with Crippen molar-refractivity contribution in [2.75, 3.05) is 11.4 Å². The summed E-state index contributed by atoms with van der Waals surface area (Å²) in [5.41, 5.74) is 2.60. The number of tetrazole rings is 1. The number of thioether (sulfide) groups is 1. The maximum atomic E-state index is 12.9. The molecule has 0 radical (unpaired) electrons. The summed E-state index contributed by atoms with van der Waals surface area (Å²) < 4.78 is 1.72. The van der Waals surface area contributed by atoms with Crippen molar-refractivity contribution in [3.63, 3.8) is 0 Å². The van der Waals surface area contributed by atoms with E-state index in [1.165, 1.54) is 11.8 Å². The van der Waals surface area contributed by atoms with Gasteiger partial charge < -0.3 is 4.90 Å². The van der Waals surface area contributed by atoms with Crippen LogP contribution in [0.25, 0.3) is 0 Å². The maximum Gasteiger partial charge on any atom is 0.223 e. The van der Waals surface area contributed by atoms with Crippen LogP contribution in [0.2, 0.25) is 0 Å². The fraction of sp³-hybridized carbons (Fsp3) is 0.316. The number of anilines is 1. The largest absolute Gasteiger partial charge is 0.312 e. The Morgan fingerprint density at radius 1 is 1.32 bits per heavy atom. The SMILES string of the molecule is CC(=O)N1CCc2cc(C(=O)C(C)Sc3nnnn3Cc3cccs3)ccc21. The fourth-order valence-corrected chi connectivity index (χ4v) is 4.81. The molecule has 1 aliphatic heterocycles. The fourth-order valence-electron chi connectivity index (χ4n) is 3.26. The molecule has 0 N–H and O–H groups in total. The zero-order valence-corrected chi connectivity index (χ0v) is 17.2. The Labute approximate surface area is 170 Å². The van der Waals surface area contributed by atoms with Crippen LogP contribution in [0, 0.1) is 0 Å².